The summed E-state index contributed by atoms with van der Waals surface area (Å²) in [6.07, 6.45) is 3.69. The van der Waals surface area contributed by atoms with Crippen LogP contribution in [0.5, 0.6) is 5.75 Å². The summed E-state index contributed by atoms with van der Waals surface area (Å²) in [4.78, 5) is 50.7. The first kappa shape index (κ1) is 26.1. The molecule has 2 aromatic carbocycles. The number of rotatable bonds is 7. The quantitative estimate of drug-likeness (QED) is 0.151. The summed E-state index contributed by atoms with van der Waals surface area (Å²) in [5.41, 5.74) is 3.97. The molecule has 37 heavy (non-hydrogen) atoms. The number of thiophene rings is 1. The van der Waals surface area contributed by atoms with Crippen molar-refractivity contribution in [2.75, 3.05) is 11.9 Å². The Morgan fingerprint density at radius 2 is 1.86 bits per heavy atom. The zero-order valence-electron chi connectivity index (χ0n) is 19.7. The fourth-order valence-corrected chi connectivity index (χ4v) is 5.20. The van der Waals surface area contributed by atoms with Crippen molar-refractivity contribution in [3.63, 3.8) is 0 Å². The molecule has 0 atom stereocenters. The zero-order valence-corrected chi connectivity index (χ0v) is 21.3. The Morgan fingerprint density at radius 1 is 1.05 bits per heavy atom. The molecule has 11 heteroatoms. The van der Waals surface area contributed by atoms with Gasteiger partial charge in [0, 0.05) is 15.5 Å². The number of aryl methyl sites for hydroxylation is 1. The minimum atomic E-state index is -1.03. The summed E-state index contributed by atoms with van der Waals surface area (Å²) in [5.74, 6) is -2.97. The molecule has 1 aliphatic carbocycles. The van der Waals surface area contributed by atoms with Gasteiger partial charge in [-0.15, -0.1) is 11.3 Å². The number of anilines is 1. The number of fused-ring (bicyclic) bond motifs is 1. The van der Waals surface area contributed by atoms with Crippen LogP contribution in [0.1, 0.15) is 50.1 Å². The predicted molar refractivity (Wildman–Crippen MR) is 140 cm³/mol. The summed E-state index contributed by atoms with van der Waals surface area (Å²) in [5, 5.41) is 6.99. The van der Waals surface area contributed by atoms with Gasteiger partial charge in [0.25, 0.3) is 0 Å². The topological polar surface area (TPSA) is 123 Å². The number of esters is 2. The molecule has 1 aromatic heterocycles. The van der Waals surface area contributed by atoms with E-state index in [4.69, 9.17) is 21.1 Å². The summed E-state index contributed by atoms with van der Waals surface area (Å²) >= 11 is 7.20. The van der Waals surface area contributed by atoms with Crippen LogP contribution in [-0.4, -0.2) is 36.6 Å². The highest BCUT2D eigenvalue weighted by Crippen LogP contribution is 2.39. The van der Waals surface area contributed by atoms with Crippen LogP contribution < -0.4 is 15.5 Å². The maximum absolute atomic E-state index is 12.5. The first-order valence-electron chi connectivity index (χ1n) is 11.4. The maximum Gasteiger partial charge on any atom is 0.343 e. The van der Waals surface area contributed by atoms with Crippen LogP contribution in [0, 0.1) is 0 Å². The first-order valence-corrected chi connectivity index (χ1v) is 12.6. The van der Waals surface area contributed by atoms with E-state index in [0.29, 0.717) is 22.6 Å². The maximum atomic E-state index is 12.5. The van der Waals surface area contributed by atoms with E-state index in [1.54, 1.807) is 49.4 Å². The molecule has 0 unspecified atom stereocenters. The Kier molecular flexibility index (Phi) is 8.32. The Morgan fingerprint density at radius 3 is 2.65 bits per heavy atom. The third kappa shape index (κ3) is 6.22. The van der Waals surface area contributed by atoms with Crippen LogP contribution in [0.25, 0.3) is 0 Å². The molecule has 4 rings (SSSR count). The lowest BCUT2D eigenvalue weighted by Gasteiger charge is -2.08. The summed E-state index contributed by atoms with van der Waals surface area (Å²) < 4.78 is 10.6. The van der Waals surface area contributed by atoms with E-state index < -0.39 is 23.8 Å². The van der Waals surface area contributed by atoms with Crippen molar-refractivity contribution >= 4 is 57.9 Å². The highest BCUT2D eigenvalue weighted by molar-refractivity contribution is 7.17. The van der Waals surface area contributed by atoms with Gasteiger partial charge in [-0.25, -0.2) is 15.0 Å². The van der Waals surface area contributed by atoms with Crippen LogP contribution in [0.2, 0.25) is 5.02 Å². The van der Waals surface area contributed by atoms with Crippen LogP contribution >= 0.6 is 22.9 Å². The molecule has 3 aromatic rings. The van der Waals surface area contributed by atoms with Gasteiger partial charge in [-0.2, -0.15) is 5.10 Å². The second-order valence-corrected chi connectivity index (χ2v) is 9.41. The van der Waals surface area contributed by atoms with Crippen molar-refractivity contribution in [2.45, 2.75) is 26.2 Å². The first-order chi connectivity index (χ1) is 17.9. The Bertz CT molecular complexity index is 1400. The lowest BCUT2D eigenvalue weighted by Crippen LogP contribution is -2.32. The Balaban J connectivity index is 1.41. The average Bonchev–Trinajstić information content (AvgIpc) is 3.46. The summed E-state index contributed by atoms with van der Waals surface area (Å²) in [7, 11) is 0. The van der Waals surface area contributed by atoms with Crippen molar-refractivity contribution in [1.29, 1.82) is 0 Å². The fourth-order valence-electron chi connectivity index (χ4n) is 3.74. The number of halogens is 1. The van der Waals surface area contributed by atoms with Gasteiger partial charge in [0.15, 0.2) is 0 Å². The third-order valence-corrected chi connectivity index (χ3v) is 6.83. The van der Waals surface area contributed by atoms with Gasteiger partial charge in [-0.05, 0) is 62.1 Å². The van der Waals surface area contributed by atoms with Crippen molar-refractivity contribution in [3.8, 4) is 5.75 Å². The number of carbonyl (C=O) groups is 4. The fraction of sp³-hybridized carbons (Fsp3) is 0.192. The van der Waals surface area contributed by atoms with Crippen LogP contribution in [0.4, 0.5) is 5.00 Å². The Hall–Kier alpha value is -4.02. The predicted octanol–water partition coefficient (Wildman–Crippen LogP) is 4.37. The lowest BCUT2D eigenvalue weighted by molar-refractivity contribution is -0.136. The minimum Gasteiger partial charge on any atom is -0.462 e. The SMILES string of the molecule is CCOC(=O)c1c(NC(=O)C(=O)NN=Cc2ccccc2OC(=O)c2cccc(Cl)c2)sc2c1CCC2. The molecule has 190 valence electrons. The molecule has 9 nitrogen and oxygen atoms in total. The second-order valence-electron chi connectivity index (χ2n) is 7.87. The number of amides is 2. The van der Waals surface area contributed by atoms with E-state index in [9.17, 15) is 19.2 Å². The number of hydrazone groups is 1. The van der Waals surface area contributed by atoms with Crippen molar-refractivity contribution < 1.29 is 28.7 Å². The van der Waals surface area contributed by atoms with Gasteiger partial charge in [-0.3, -0.25) is 9.59 Å². The van der Waals surface area contributed by atoms with E-state index in [1.807, 2.05) is 0 Å². The molecule has 0 radical (unpaired) electrons. The van der Waals surface area contributed by atoms with Gasteiger partial charge >= 0.3 is 23.8 Å². The van der Waals surface area contributed by atoms with Gasteiger partial charge < -0.3 is 14.8 Å². The lowest BCUT2D eigenvalue weighted by atomic mass is 10.1. The number of nitrogens with zero attached hydrogens (tertiary/aromatic N) is 1. The molecule has 0 saturated heterocycles. The number of benzene rings is 2. The van der Waals surface area contributed by atoms with Gasteiger partial charge in [0.1, 0.15) is 10.8 Å². The average molecular weight is 540 g/mol. The molecule has 2 N–H and O–H groups in total. The monoisotopic (exact) mass is 539 g/mol. The zero-order chi connectivity index (χ0) is 26.4. The summed E-state index contributed by atoms with van der Waals surface area (Å²) in [6, 6.07) is 12.9. The minimum absolute atomic E-state index is 0.196. The highest BCUT2D eigenvalue weighted by Gasteiger charge is 2.29. The molecule has 1 heterocycles. The number of ether oxygens (including phenoxy) is 2. The molecule has 0 fully saturated rings. The molecule has 0 bridgehead atoms. The molecule has 2 amide bonds. The van der Waals surface area contributed by atoms with E-state index in [1.165, 1.54) is 23.6 Å². The van der Waals surface area contributed by atoms with E-state index in [0.717, 1.165) is 23.3 Å². The smallest absolute Gasteiger partial charge is 0.343 e. The Labute approximate surface area is 221 Å². The number of para-hydroxylation sites is 1. The van der Waals surface area contributed by atoms with Crippen molar-refractivity contribution in [1.82, 2.24) is 5.43 Å². The van der Waals surface area contributed by atoms with Crippen LogP contribution in [0.15, 0.2) is 53.6 Å². The van der Waals surface area contributed by atoms with Gasteiger partial charge in [-0.1, -0.05) is 29.8 Å². The number of hydrogen-bond donors (Lipinski definition) is 2. The number of carbonyl (C=O) groups excluding carboxylic acids is 4. The standard InChI is InChI=1S/C26H22ClN3O6S/c1-2-35-26(34)21-18-10-6-12-20(18)37-24(21)29-22(31)23(32)30-28-14-16-7-3-4-11-19(16)36-25(33)15-8-5-9-17(27)13-15/h3-5,7-9,11,13-14H,2,6,10,12H2,1H3,(H,29,31)(H,30,32). The molecular weight excluding hydrogens is 518 g/mol. The van der Waals surface area contributed by atoms with Crippen molar-refractivity contribution in [2.24, 2.45) is 5.10 Å². The normalized spacial score (nSPS) is 12.2. The summed E-state index contributed by atoms with van der Waals surface area (Å²) in [6.45, 7) is 1.90. The van der Waals surface area contributed by atoms with Gasteiger partial charge in [0.05, 0.1) is 23.9 Å². The largest absolute Gasteiger partial charge is 0.462 e. The van der Waals surface area contributed by atoms with Crippen LogP contribution in [-0.2, 0) is 27.2 Å². The molecule has 0 spiro atoms. The van der Waals surface area contributed by atoms with E-state index in [2.05, 4.69) is 15.8 Å². The molecular formula is C26H22ClN3O6S. The number of hydrogen-bond acceptors (Lipinski definition) is 8. The third-order valence-electron chi connectivity index (χ3n) is 5.39. The molecule has 0 aliphatic heterocycles. The highest BCUT2D eigenvalue weighted by atomic mass is 35.5. The molecule has 0 saturated carbocycles. The number of nitrogens with one attached hydrogen (secondary N) is 2. The van der Waals surface area contributed by atoms with E-state index in [-0.39, 0.29) is 22.9 Å². The second kappa shape index (κ2) is 11.8. The van der Waals surface area contributed by atoms with Crippen LogP contribution in [0.3, 0.4) is 0 Å². The molecule has 1 aliphatic rings. The van der Waals surface area contributed by atoms with Crippen molar-refractivity contribution in [3.05, 3.63) is 80.7 Å². The van der Waals surface area contributed by atoms with E-state index >= 15 is 0 Å². The van der Waals surface area contributed by atoms with Gasteiger partial charge in [0.2, 0.25) is 0 Å².